The fraction of sp³-hybridized carbons (Fsp3) is 0.727. The second-order valence-electron chi connectivity index (χ2n) is 4.74. The first-order valence-electron chi connectivity index (χ1n) is 5.79. The topological polar surface area (TPSA) is 62.5 Å². The van der Waals surface area contributed by atoms with E-state index in [9.17, 15) is 4.79 Å². The number of aromatic nitrogens is 2. The third-order valence-corrected chi connectivity index (χ3v) is 2.88. The average molecular weight is 238 g/mol. The lowest BCUT2D eigenvalue weighted by atomic mass is 10.1. The van der Waals surface area contributed by atoms with Crippen molar-refractivity contribution < 1.29 is 9.32 Å². The minimum Gasteiger partial charge on any atom is -0.341 e. The van der Waals surface area contributed by atoms with E-state index in [-0.39, 0.29) is 11.8 Å². The van der Waals surface area contributed by atoms with Crippen LogP contribution in [0.2, 0.25) is 0 Å². The summed E-state index contributed by atoms with van der Waals surface area (Å²) in [5, 5.41) is 3.78. The quantitative estimate of drug-likeness (QED) is 0.755. The van der Waals surface area contributed by atoms with Gasteiger partial charge >= 0.3 is 0 Å². The third-order valence-electron chi connectivity index (χ3n) is 2.88. The number of carbonyl (C=O) groups is 1. The van der Waals surface area contributed by atoms with E-state index in [0.29, 0.717) is 24.8 Å². The number of hydrogen-bond donors (Lipinski definition) is 0. The molecule has 0 aromatic carbocycles. The van der Waals surface area contributed by atoms with Crippen molar-refractivity contribution in [3.8, 4) is 0 Å². The number of rotatable bonds is 3. The smallest absolute Gasteiger partial charge is 0.236 e. The van der Waals surface area contributed by atoms with E-state index < -0.39 is 0 Å². The van der Waals surface area contributed by atoms with E-state index in [1.165, 1.54) is 0 Å². The van der Waals surface area contributed by atoms with Gasteiger partial charge in [0.25, 0.3) is 0 Å². The second-order valence-corrected chi connectivity index (χ2v) is 4.74. The molecule has 1 unspecified atom stereocenters. The van der Waals surface area contributed by atoms with Crippen molar-refractivity contribution in [1.29, 1.82) is 0 Å². The highest BCUT2D eigenvalue weighted by Gasteiger charge is 2.30. The monoisotopic (exact) mass is 238 g/mol. The van der Waals surface area contributed by atoms with Crippen LogP contribution < -0.4 is 0 Å². The van der Waals surface area contributed by atoms with E-state index in [0.717, 1.165) is 13.0 Å². The first-order valence-corrected chi connectivity index (χ1v) is 5.79. The average Bonchev–Trinajstić information content (AvgIpc) is 2.84. The Morgan fingerprint density at radius 1 is 1.59 bits per heavy atom. The molecule has 6 heteroatoms. The molecular formula is C11H18N4O2. The summed E-state index contributed by atoms with van der Waals surface area (Å²) in [6.45, 7) is 3.72. The predicted octanol–water partition coefficient (Wildman–Crippen LogP) is 0.256. The highest BCUT2D eigenvalue weighted by Crippen LogP contribution is 2.25. The van der Waals surface area contributed by atoms with Crippen LogP contribution in [-0.2, 0) is 4.79 Å². The van der Waals surface area contributed by atoms with Crippen molar-refractivity contribution in [2.24, 2.45) is 0 Å². The lowest BCUT2D eigenvalue weighted by Crippen LogP contribution is -2.36. The van der Waals surface area contributed by atoms with Crippen molar-refractivity contribution in [3.05, 3.63) is 11.7 Å². The summed E-state index contributed by atoms with van der Waals surface area (Å²) in [5.74, 6) is 1.66. The minimum absolute atomic E-state index is 0.161. The molecule has 94 valence electrons. The summed E-state index contributed by atoms with van der Waals surface area (Å²) in [7, 11) is 3.79. The summed E-state index contributed by atoms with van der Waals surface area (Å²) < 4.78 is 5.15. The lowest BCUT2D eigenvalue weighted by Gasteiger charge is -2.18. The van der Waals surface area contributed by atoms with Crippen molar-refractivity contribution in [3.63, 3.8) is 0 Å². The van der Waals surface area contributed by atoms with Crippen LogP contribution in [0.4, 0.5) is 0 Å². The fourth-order valence-electron chi connectivity index (χ4n) is 2.04. The summed E-state index contributed by atoms with van der Waals surface area (Å²) in [4.78, 5) is 19.8. The van der Waals surface area contributed by atoms with Crippen LogP contribution in [0.25, 0.3) is 0 Å². The Kier molecular flexibility index (Phi) is 3.42. The lowest BCUT2D eigenvalue weighted by molar-refractivity contribution is -0.130. The van der Waals surface area contributed by atoms with Gasteiger partial charge in [0.1, 0.15) is 0 Å². The predicted molar refractivity (Wildman–Crippen MR) is 61.5 cm³/mol. The molecule has 1 amide bonds. The SMILES string of the molecule is Cc1noc(C2CCN(C(=O)CN(C)C)C2)n1. The molecule has 17 heavy (non-hydrogen) atoms. The van der Waals surface area contributed by atoms with Crippen LogP contribution in [0, 0.1) is 6.92 Å². The maximum absolute atomic E-state index is 11.9. The number of likely N-dealkylation sites (tertiary alicyclic amines) is 1. The van der Waals surface area contributed by atoms with Crippen molar-refractivity contribution in [1.82, 2.24) is 19.9 Å². The molecule has 1 aromatic heterocycles. The van der Waals surface area contributed by atoms with Gasteiger partial charge in [0.15, 0.2) is 5.82 Å². The molecule has 1 saturated heterocycles. The zero-order valence-corrected chi connectivity index (χ0v) is 10.5. The summed E-state index contributed by atoms with van der Waals surface area (Å²) in [6, 6.07) is 0. The van der Waals surface area contributed by atoms with Crippen LogP contribution in [0.3, 0.4) is 0 Å². The molecule has 0 N–H and O–H groups in total. The second kappa shape index (κ2) is 4.83. The molecule has 1 aromatic rings. The molecule has 0 aliphatic carbocycles. The summed E-state index contributed by atoms with van der Waals surface area (Å²) in [6.07, 6.45) is 0.904. The van der Waals surface area contributed by atoms with Gasteiger partial charge in [-0.05, 0) is 27.4 Å². The standard InChI is InChI=1S/C11H18N4O2/c1-8-12-11(17-13-8)9-4-5-15(6-9)10(16)7-14(2)3/h9H,4-7H2,1-3H3. The van der Waals surface area contributed by atoms with Gasteiger partial charge in [-0.3, -0.25) is 4.79 Å². The zero-order valence-electron chi connectivity index (χ0n) is 10.5. The summed E-state index contributed by atoms with van der Waals surface area (Å²) >= 11 is 0. The zero-order chi connectivity index (χ0) is 12.4. The van der Waals surface area contributed by atoms with Crippen molar-refractivity contribution >= 4 is 5.91 Å². The van der Waals surface area contributed by atoms with Crippen LogP contribution >= 0.6 is 0 Å². The first-order chi connectivity index (χ1) is 8.06. The Bertz CT molecular complexity index is 402. The highest BCUT2D eigenvalue weighted by molar-refractivity contribution is 5.78. The first kappa shape index (κ1) is 12.0. The molecule has 2 heterocycles. The Balaban J connectivity index is 1.93. The van der Waals surface area contributed by atoms with Gasteiger partial charge in [-0.25, -0.2) is 0 Å². The van der Waals surface area contributed by atoms with E-state index in [4.69, 9.17) is 4.52 Å². The number of amides is 1. The van der Waals surface area contributed by atoms with Gasteiger partial charge in [-0.2, -0.15) is 4.98 Å². The molecule has 0 bridgehead atoms. The van der Waals surface area contributed by atoms with Gasteiger partial charge in [-0.15, -0.1) is 0 Å². The number of carbonyl (C=O) groups excluding carboxylic acids is 1. The number of nitrogens with zero attached hydrogens (tertiary/aromatic N) is 4. The molecule has 1 aliphatic heterocycles. The van der Waals surface area contributed by atoms with Crippen LogP contribution in [-0.4, -0.2) is 59.6 Å². The fourth-order valence-corrected chi connectivity index (χ4v) is 2.04. The summed E-state index contributed by atoms with van der Waals surface area (Å²) in [5.41, 5.74) is 0. The van der Waals surface area contributed by atoms with Crippen LogP contribution in [0.1, 0.15) is 24.1 Å². The normalized spacial score (nSPS) is 20.2. The molecule has 1 fully saturated rings. The molecule has 1 aliphatic rings. The molecule has 0 saturated carbocycles. The van der Waals surface area contributed by atoms with Gasteiger partial charge in [-0.1, -0.05) is 5.16 Å². The number of aryl methyl sites for hydroxylation is 1. The Labute approximate surface area is 101 Å². The van der Waals surface area contributed by atoms with Gasteiger partial charge in [0.05, 0.1) is 12.5 Å². The Morgan fingerprint density at radius 2 is 2.35 bits per heavy atom. The molecule has 2 rings (SSSR count). The van der Waals surface area contributed by atoms with Crippen molar-refractivity contribution in [2.75, 3.05) is 33.7 Å². The maximum atomic E-state index is 11.9. The molecule has 6 nitrogen and oxygen atoms in total. The van der Waals surface area contributed by atoms with E-state index >= 15 is 0 Å². The van der Waals surface area contributed by atoms with Gasteiger partial charge in [0, 0.05) is 13.1 Å². The third kappa shape index (κ3) is 2.82. The number of likely N-dealkylation sites (N-methyl/N-ethyl adjacent to an activating group) is 1. The molecule has 1 atom stereocenters. The van der Waals surface area contributed by atoms with Crippen molar-refractivity contribution in [2.45, 2.75) is 19.3 Å². The molecule has 0 radical (unpaired) electrons. The van der Waals surface area contributed by atoms with E-state index in [1.807, 2.05) is 23.9 Å². The molecular weight excluding hydrogens is 220 g/mol. The number of hydrogen-bond acceptors (Lipinski definition) is 5. The van der Waals surface area contributed by atoms with E-state index in [2.05, 4.69) is 10.1 Å². The van der Waals surface area contributed by atoms with E-state index in [1.54, 1.807) is 6.92 Å². The maximum Gasteiger partial charge on any atom is 0.236 e. The van der Waals surface area contributed by atoms with Gasteiger partial charge in [0.2, 0.25) is 11.8 Å². The highest BCUT2D eigenvalue weighted by atomic mass is 16.5. The largest absolute Gasteiger partial charge is 0.341 e. The van der Waals surface area contributed by atoms with Crippen LogP contribution in [0.5, 0.6) is 0 Å². The Morgan fingerprint density at radius 3 is 2.94 bits per heavy atom. The van der Waals surface area contributed by atoms with Crippen LogP contribution in [0.15, 0.2) is 4.52 Å². The molecule has 0 spiro atoms. The van der Waals surface area contributed by atoms with Gasteiger partial charge < -0.3 is 14.3 Å². The minimum atomic E-state index is 0.161. The Hall–Kier alpha value is -1.43.